The highest BCUT2D eigenvalue weighted by Crippen LogP contribution is 2.14. The monoisotopic (exact) mass is 211 g/mol. The molecule has 84 valence electrons. The molecular weight excluding hydrogens is 194 g/mol. The van der Waals surface area contributed by atoms with Gasteiger partial charge < -0.3 is 5.32 Å². The lowest BCUT2D eigenvalue weighted by Gasteiger charge is -2.38. The number of piperidine rings is 1. The van der Waals surface area contributed by atoms with E-state index in [1.165, 1.54) is 0 Å². The van der Waals surface area contributed by atoms with E-state index in [0.717, 1.165) is 19.6 Å². The van der Waals surface area contributed by atoms with Crippen LogP contribution in [0.3, 0.4) is 0 Å². The molecule has 2 atom stereocenters. The Kier molecular flexibility index (Phi) is 3.02. The number of hydrogen-bond donors (Lipinski definition) is 2. The predicted molar refractivity (Wildman–Crippen MR) is 55.2 cm³/mol. The van der Waals surface area contributed by atoms with Gasteiger partial charge in [-0.05, 0) is 13.3 Å². The molecule has 2 heterocycles. The molecular formula is C10H17N3O2. The summed E-state index contributed by atoms with van der Waals surface area (Å²) in [5.74, 6) is -0.264. The summed E-state index contributed by atoms with van der Waals surface area (Å²) in [4.78, 5) is 24.8. The molecule has 2 aliphatic heterocycles. The first-order chi connectivity index (χ1) is 7.16. The van der Waals surface area contributed by atoms with Gasteiger partial charge in [-0.3, -0.25) is 19.8 Å². The Bertz CT molecular complexity index is 280. The number of rotatable bonds is 1. The van der Waals surface area contributed by atoms with Crippen molar-refractivity contribution in [2.24, 2.45) is 0 Å². The molecule has 2 rings (SSSR count). The third kappa shape index (κ3) is 2.35. The maximum Gasteiger partial charge on any atom is 0.243 e. The van der Waals surface area contributed by atoms with Crippen LogP contribution < -0.4 is 10.6 Å². The summed E-state index contributed by atoms with van der Waals surface area (Å²) < 4.78 is 0. The van der Waals surface area contributed by atoms with Crippen LogP contribution in [0.1, 0.15) is 19.8 Å². The topological polar surface area (TPSA) is 61.4 Å². The van der Waals surface area contributed by atoms with Gasteiger partial charge in [0.05, 0.1) is 6.04 Å². The Morgan fingerprint density at radius 3 is 2.87 bits per heavy atom. The smallest absolute Gasteiger partial charge is 0.243 e. The van der Waals surface area contributed by atoms with Gasteiger partial charge in [-0.25, -0.2) is 0 Å². The second-order valence-corrected chi connectivity index (χ2v) is 4.32. The molecule has 2 amide bonds. The number of carbonyl (C=O) groups is 2. The van der Waals surface area contributed by atoms with E-state index in [2.05, 4.69) is 22.5 Å². The fourth-order valence-corrected chi connectivity index (χ4v) is 2.28. The van der Waals surface area contributed by atoms with Crippen molar-refractivity contribution in [1.82, 2.24) is 15.5 Å². The van der Waals surface area contributed by atoms with Crippen molar-refractivity contribution in [3.63, 3.8) is 0 Å². The molecule has 0 aromatic rings. The first-order valence-electron chi connectivity index (χ1n) is 5.48. The highest BCUT2D eigenvalue weighted by Gasteiger charge is 2.33. The van der Waals surface area contributed by atoms with Gasteiger partial charge in [0.25, 0.3) is 0 Å². The van der Waals surface area contributed by atoms with Crippen molar-refractivity contribution >= 4 is 11.8 Å². The lowest BCUT2D eigenvalue weighted by molar-refractivity contribution is -0.137. The van der Waals surface area contributed by atoms with Gasteiger partial charge in [0.15, 0.2) is 0 Å². The molecule has 15 heavy (non-hydrogen) atoms. The zero-order valence-corrected chi connectivity index (χ0v) is 8.95. The average Bonchev–Trinajstić information content (AvgIpc) is 2.17. The van der Waals surface area contributed by atoms with Crippen molar-refractivity contribution in [2.75, 3.05) is 19.6 Å². The molecule has 2 aliphatic rings. The molecule has 0 saturated carbocycles. The Balaban J connectivity index is 1.97. The predicted octanol–water partition coefficient (Wildman–Crippen LogP) is -0.915. The summed E-state index contributed by atoms with van der Waals surface area (Å²) >= 11 is 0. The van der Waals surface area contributed by atoms with E-state index in [9.17, 15) is 9.59 Å². The van der Waals surface area contributed by atoms with Crippen molar-refractivity contribution in [3.8, 4) is 0 Å². The van der Waals surface area contributed by atoms with E-state index in [-0.39, 0.29) is 17.9 Å². The van der Waals surface area contributed by atoms with Crippen molar-refractivity contribution in [2.45, 2.75) is 31.8 Å². The first-order valence-corrected chi connectivity index (χ1v) is 5.48. The van der Waals surface area contributed by atoms with Crippen LogP contribution in [0.4, 0.5) is 0 Å². The van der Waals surface area contributed by atoms with Crippen LogP contribution >= 0.6 is 0 Å². The zero-order valence-electron chi connectivity index (χ0n) is 8.95. The summed E-state index contributed by atoms with van der Waals surface area (Å²) in [6.45, 7) is 4.79. The number of carbonyl (C=O) groups excluding carboxylic acids is 2. The quantitative estimate of drug-likeness (QED) is 0.551. The third-order valence-electron chi connectivity index (χ3n) is 3.05. The van der Waals surface area contributed by atoms with Gasteiger partial charge in [-0.15, -0.1) is 0 Å². The van der Waals surface area contributed by atoms with E-state index < -0.39 is 0 Å². The summed E-state index contributed by atoms with van der Waals surface area (Å²) in [7, 11) is 0. The molecule has 0 spiro atoms. The fraction of sp³-hybridized carbons (Fsp3) is 0.800. The first kappa shape index (κ1) is 10.6. The summed E-state index contributed by atoms with van der Waals surface area (Å²) in [5, 5.41) is 5.74. The minimum Gasteiger partial charge on any atom is -0.312 e. The van der Waals surface area contributed by atoms with E-state index in [1.54, 1.807) is 0 Å². The molecule has 5 heteroatoms. The number of nitrogens with one attached hydrogen (secondary N) is 2. The van der Waals surface area contributed by atoms with Gasteiger partial charge in [0.2, 0.25) is 11.8 Å². The Hall–Kier alpha value is -0.940. The number of amides is 2. The SMILES string of the molecule is C[C@H]1CN(C2CCC(=O)NC2=O)CCN1. The van der Waals surface area contributed by atoms with Crippen LogP contribution in [-0.4, -0.2) is 48.4 Å². The molecule has 1 unspecified atom stereocenters. The van der Waals surface area contributed by atoms with E-state index >= 15 is 0 Å². The minimum absolute atomic E-state index is 0.104. The molecule has 2 fully saturated rings. The van der Waals surface area contributed by atoms with Gasteiger partial charge in [0.1, 0.15) is 0 Å². The molecule has 0 radical (unpaired) electrons. The van der Waals surface area contributed by atoms with Crippen LogP contribution in [0.2, 0.25) is 0 Å². The van der Waals surface area contributed by atoms with Gasteiger partial charge in [-0.2, -0.15) is 0 Å². The van der Waals surface area contributed by atoms with Crippen LogP contribution in [0, 0.1) is 0 Å². The lowest BCUT2D eigenvalue weighted by Crippen LogP contribution is -2.59. The Morgan fingerprint density at radius 1 is 1.40 bits per heavy atom. The number of imide groups is 1. The summed E-state index contributed by atoms with van der Waals surface area (Å²) in [6, 6.07) is 0.316. The fourth-order valence-electron chi connectivity index (χ4n) is 2.28. The van der Waals surface area contributed by atoms with E-state index in [0.29, 0.717) is 18.9 Å². The molecule has 2 N–H and O–H groups in total. The van der Waals surface area contributed by atoms with E-state index in [4.69, 9.17) is 0 Å². The van der Waals surface area contributed by atoms with Crippen LogP contribution in [0.5, 0.6) is 0 Å². The second kappa shape index (κ2) is 4.28. The number of piperazine rings is 1. The number of nitrogens with zero attached hydrogens (tertiary/aromatic N) is 1. The average molecular weight is 211 g/mol. The normalized spacial score (nSPS) is 33.9. The highest BCUT2D eigenvalue weighted by atomic mass is 16.2. The van der Waals surface area contributed by atoms with Crippen molar-refractivity contribution in [1.29, 1.82) is 0 Å². The van der Waals surface area contributed by atoms with Gasteiger partial charge >= 0.3 is 0 Å². The standard InChI is InChI=1S/C10H17N3O2/c1-7-6-13(5-4-11-7)8-2-3-9(14)12-10(8)15/h7-8,11H,2-6H2,1H3,(H,12,14,15)/t7-,8?/m0/s1. The summed E-state index contributed by atoms with van der Waals surface area (Å²) in [6.07, 6.45) is 1.13. The number of hydrogen-bond acceptors (Lipinski definition) is 4. The van der Waals surface area contributed by atoms with E-state index in [1.807, 2.05) is 0 Å². The molecule has 2 saturated heterocycles. The van der Waals surface area contributed by atoms with Crippen LogP contribution in [-0.2, 0) is 9.59 Å². The second-order valence-electron chi connectivity index (χ2n) is 4.32. The summed E-state index contributed by atoms with van der Waals surface area (Å²) in [5.41, 5.74) is 0. The molecule has 0 aliphatic carbocycles. The van der Waals surface area contributed by atoms with Gasteiger partial charge in [-0.1, -0.05) is 0 Å². The van der Waals surface area contributed by atoms with Crippen molar-refractivity contribution < 1.29 is 9.59 Å². The molecule has 0 aromatic heterocycles. The highest BCUT2D eigenvalue weighted by molar-refractivity contribution is 6.00. The largest absolute Gasteiger partial charge is 0.312 e. The van der Waals surface area contributed by atoms with Crippen LogP contribution in [0.25, 0.3) is 0 Å². The van der Waals surface area contributed by atoms with Gasteiger partial charge in [0, 0.05) is 32.1 Å². The van der Waals surface area contributed by atoms with Crippen molar-refractivity contribution in [3.05, 3.63) is 0 Å². The molecule has 0 aromatic carbocycles. The maximum atomic E-state index is 11.6. The lowest BCUT2D eigenvalue weighted by atomic mass is 10.0. The Labute approximate surface area is 89.2 Å². The molecule has 5 nitrogen and oxygen atoms in total. The minimum atomic E-state index is -0.139. The molecule has 0 bridgehead atoms. The third-order valence-corrected chi connectivity index (χ3v) is 3.05. The Morgan fingerprint density at radius 2 is 2.20 bits per heavy atom. The van der Waals surface area contributed by atoms with Crippen LogP contribution in [0.15, 0.2) is 0 Å². The maximum absolute atomic E-state index is 11.6. The zero-order chi connectivity index (χ0) is 10.8.